The molecule has 1 fully saturated rings. The molecule has 1 atom stereocenters. The highest BCUT2D eigenvalue weighted by Gasteiger charge is 2.36. The Labute approximate surface area is 151 Å². The lowest BCUT2D eigenvalue weighted by atomic mass is 9.86. The van der Waals surface area contributed by atoms with Crippen molar-refractivity contribution < 1.29 is 14.9 Å². The molecule has 3 rings (SSSR count). The van der Waals surface area contributed by atoms with Crippen molar-refractivity contribution in [1.29, 1.82) is 0 Å². The predicted molar refractivity (Wildman–Crippen MR) is 99.8 cm³/mol. The fraction of sp³-hybridized carbons (Fsp3) is 0.700. The van der Waals surface area contributed by atoms with Gasteiger partial charge in [-0.2, -0.15) is 0 Å². The lowest BCUT2D eigenvalue weighted by molar-refractivity contribution is -0.0711. The second-order valence-corrected chi connectivity index (χ2v) is 8.30. The van der Waals surface area contributed by atoms with Crippen LogP contribution in [-0.2, 0) is 17.7 Å². The molecule has 0 spiro atoms. The number of fused-ring (bicyclic) bond motifs is 1. The zero-order valence-corrected chi connectivity index (χ0v) is 15.7. The van der Waals surface area contributed by atoms with Gasteiger partial charge in [-0.05, 0) is 44.4 Å². The summed E-state index contributed by atoms with van der Waals surface area (Å²) in [5, 5.41) is 24.5. The van der Waals surface area contributed by atoms with Crippen LogP contribution in [0.5, 0.6) is 0 Å². The molecule has 5 nitrogen and oxygen atoms in total. The summed E-state index contributed by atoms with van der Waals surface area (Å²) in [6.07, 6.45) is 2.31. The Kier molecular flexibility index (Phi) is 5.40. The first-order valence-corrected chi connectivity index (χ1v) is 9.39. The van der Waals surface area contributed by atoms with Gasteiger partial charge in [0.2, 0.25) is 0 Å². The molecular formula is C20H32N2O3. The third-order valence-corrected chi connectivity index (χ3v) is 5.49. The van der Waals surface area contributed by atoms with Gasteiger partial charge in [0.15, 0.2) is 0 Å². The molecule has 0 aliphatic carbocycles. The molecule has 2 aliphatic rings. The van der Waals surface area contributed by atoms with Crippen LogP contribution >= 0.6 is 0 Å². The Morgan fingerprint density at radius 1 is 1.32 bits per heavy atom. The smallest absolute Gasteiger partial charge is 0.0888 e. The van der Waals surface area contributed by atoms with Crippen LogP contribution in [0.3, 0.4) is 0 Å². The number of hydrogen-bond donors (Lipinski definition) is 3. The lowest BCUT2D eigenvalue weighted by Gasteiger charge is -2.39. The van der Waals surface area contributed by atoms with Gasteiger partial charge in [0.25, 0.3) is 0 Å². The van der Waals surface area contributed by atoms with Crippen molar-refractivity contribution in [1.82, 2.24) is 4.90 Å². The molecule has 0 amide bonds. The number of rotatable bonds is 5. The number of β-amino-alcohol motifs (C(OH)–C–C–N with tert-alkyl or cyclic N) is 1. The highest BCUT2D eigenvalue weighted by molar-refractivity contribution is 5.56. The lowest BCUT2D eigenvalue weighted by Crippen LogP contribution is -2.49. The molecule has 1 aromatic rings. The summed E-state index contributed by atoms with van der Waals surface area (Å²) in [4.78, 5) is 2.31. The van der Waals surface area contributed by atoms with E-state index in [1.54, 1.807) is 0 Å². The number of ether oxygens (including phenoxy) is 1. The van der Waals surface area contributed by atoms with Crippen molar-refractivity contribution >= 4 is 5.69 Å². The normalized spacial score (nSPS) is 22.3. The van der Waals surface area contributed by atoms with E-state index < -0.39 is 11.2 Å². The summed E-state index contributed by atoms with van der Waals surface area (Å²) in [6, 6.07) is 6.35. The van der Waals surface area contributed by atoms with Gasteiger partial charge in [-0.3, -0.25) is 4.90 Å². The minimum absolute atomic E-state index is 0.0164. The van der Waals surface area contributed by atoms with Gasteiger partial charge >= 0.3 is 0 Å². The monoisotopic (exact) mass is 348 g/mol. The maximum absolute atomic E-state index is 10.9. The first kappa shape index (κ1) is 18.6. The summed E-state index contributed by atoms with van der Waals surface area (Å²) in [7, 11) is 0. The molecule has 0 saturated carbocycles. The molecule has 2 aliphatic heterocycles. The second-order valence-electron chi connectivity index (χ2n) is 8.30. The molecule has 1 aromatic carbocycles. The fourth-order valence-electron chi connectivity index (χ4n) is 4.01. The van der Waals surface area contributed by atoms with Gasteiger partial charge in [0.05, 0.1) is 17.2 Å². The van der Waals surface area contributed by atoms with Crippen LogP contribution < -0.4 is 5.32 Å². The van der Waals surface area contributed by atoms with E-state index in [9.17, 15) is 10.2 Å². The largest absolute Gasteiger partial charge is 0.389 e. The van der Waals surface area contributed by atoms with Crippen LogP contribution in [0.1, 0.15) is 44.7 Å². The first-order chi connectivity index (χ1) is 11.8. The van der Waals surface area contributed by atoms with E-state index in [0.29, 0.717) is 32.6 Å². The van der Waals surface area contributed by atoms with E-state index in [1.165, 1.54) is 11.1 Å². The minimum Gasteiger partial charge on any atom is -0.389 e. The molecule has 0 radical (unpaired) electrons. The first-order valence-electron chi connectivity index (χ1n) is 9.39. The Morgan fingerprint density at radius 3 is 2.72 bits per heavy atom. The quantitative estimate of drug-likeness (QED) is 0.761. The predicted octanol–water partition coefficient (Wildman–Crippen LogP) is 2.16. The molecule has 1 saturated heterocycles. The SMILES string of the molecule is CC(Nc1cccc2c1CCN(CC(C)(C)O)C2)C1(O)CCOCC1. The Hall–Kier alpha value is -1.14. The zero-order valence-electron chi connectivity index (χ0n) is 15.7. The second kappa shape index (κ2) is 7.23. The molecule has 0 aromatic heterocycles. The van der Waals surface area contributed by atoms with Gasteiger partial charge < -0.3 is 20.3 Å². The van der Waals surface area contributed by atoms with E-state index in [2.05, 4.69) is 35.3 Å². The zero-order chi connectivity index (χ0) is 18.1. The van der Waals surface area contributed by atoms with Crippen molar-refractivity contribution in [2.24, 2.45) is 0 Å². The minimum atomic E-state index is -0.706. The third kappa shape index (κ3) is 4.53. The average molecular weight is 348 g/mol. The van der Waals surface area contributed by atoms with Crippen molar-refractivity contribution in [3.8, 4) is 0 Å². The number of anilines is 1. The van der Waals surface area contributed by atoms with Crippen molar-refractivity contribution in [3.63, 3.8) is 0 Å². The van der Waals surface area contributed by atoms with E-state index in [1.807, 2.05) is 13.8 Å². The molecule has 1 unspecified atom stereocenters. The van der Waals surface area contributed by atoms with Gasteiger partial charge in [0.1, 0.15) is 0 Å². The Morgan fingerprint density at radius 2 is 2.04 bits per heavy atom. The standard InChI is InChI=1S/C20H32N2O3/c1-15(20(24)8-11-25-12-9-20)21-18-6-4-5-16-13-22(10-7-17(16)18)14-19(2,3)23/h4-6,15,21,23-24H,7-14H2,1-3H3. The third-order valence-electron chi connectivity index (χ3n) is 5.49. The van der Waals surface area contributed by atoms with Crippen LogP contribution in [0, 0.1) is 0 Å². The van der Waals surface area contributed by atoms with Crippen molar-refractivity contribution in [2.45, 2.75) is 63.8 Å². The topological polar surface area (TPSA) is 65.0 Å². The molecule has 25 heavy (non-hydrogen) atoms. The van der Waals surface area contributed by atoms with Crippen LogP contribution in [0.15, 0.2) is 18.2 Å². The maximum atomic E-state index is 10.9. The molecule has 2 heterocycles. The van der Waals surface area contributed by atoms with Crippen LogP contribution in [0.4, 0.5) is 5.69 Å². The average Bonchev–Trinajstić information content (AvgIpc) is 2.54. The van der Waals surface area contributed by atoms with Gasteiger partial charge in [-0.15, -0.1) is 0 Å². The Balaban J connectivity index is 1.71. The number of benzene rings is 1. The van der Waals surface area contributed by atoms with E-state index in [0.717, 1.165) is 25.2 Å². The van der Waals surface area contributed by atoms with Crippen molar-refractivity contribution in [3.05, 3.63) is 29.3 Å². The summed E-state index contributed by atoms with van der Waals surface area (Å²) in [5.41, 5.74) is 2.41. The summed E-state index contributed by atoms with van der Waals surface area (Å²) < 4.78 is 5.39. The summed E-state index contributed by atoms with van der Waals surface area (Å²) >= 11 is 0. The number of nitrogens with zero attached hydrogens (tertiary/aromatic N) is 1. The van der Waals surface area contributed by atoms with E-state index >= 15 is 0 Å². The summed E-state index contributed by atoms with van der Waals surface area (Å²) in [6.45, 7) is 9.52. The highest BCUT2D eigenvalue weighted by Crippen LogP contribution is 2.31. The number of hydrogen-bond acceptors (Lipinski definition) is 5. The van der Waals surface area contributed by atoms with E-state index in [-0.39, 0.29) is 6.04 Å². The molecule has 0 bridgehead atoms. The number of nitrogens with one attached hydrogen (secondary N) is 1. The van der Waals surface area contributed by atoms with Gasteiger partial charge in [-0.25, -0.2) is 0 Å². The molecule has 5 heteroatoms. The number of aliphatic hydroxyl groups is 2. The highest BCUT2D eigenvalue weighted by atomic mass is 16.5. The van der Waals surface area contributed by atoms with Gasteiger partial charge in [-0.1, -0.05) is 12.1 Å². The van der Waals surface area contributed by atoms with Crippen LogP contribution in [-0.4, -0.2) is 58.7 Å². The van der Waals surface area contributed by atoms with E-state index in [4.69, 9.17) is 4.74 Å². The van der Waals surface area contributed by atoms with Crippen LogP contribution in [0.2, 0.25) is 0 Å². The molecule has 140 valence electrons. The Bertz CT molecular complexity index is 591. The summed E-state index contributed by atoms with van der Waals surface area (Å²) in [5.74, 6) is 0. The molecular weight excluding hydrogens is 316 g/mol. The fourth-order valence-corrected chi connectivity index (χ4v) is 4.01. The van der Waals surface area contributed by atoms with Gasteiger partial charge in [0, 0.05) is 51.4 Å². The molecule has 3 N–H and O–H groups in total. The maximum Gasteiger partial charge on any atom is 0.0888 e. The van der Waals surface area contributed by atoms with Crippen molar-refractivity contribution in [2.75, 3.05) is 31.6 Å². The van der Waals surface area contributed by atoms with Crippen LogP contribution in [0.25, 0.3) is 0 Å².